The average Bonchev–Trinajstić information content (AvgIpc) is 2.55. The Balaban J connectivity index is 1.83. The van der Waals surface area contributed by atoms with E-state index in [1.807, 2.05) is 30.3 Å². The molecule has 4 heteroatoms. The molecule has 0 radical (unpaired) electrons. The van der Waals surface area contributed by atoms with Gasteiger partial charge in [0.05, 0.1) is 5.69 Å². The van der Waals surface area contributed by atoms with Crippen molar-refractivity contribution in [2.75, 3.05) is 5.32 Å². The minimum Gasteiger partial charge on any atom is -0.322 e. The second kappa shape index (κ2) is 6.18. The number of nitrogens with zero attached hydrogens (tertiary/aromatic N) is 1. The molecule has 1 N–H and O–H groups in total. The molecular weight excluding hydrogens is 279 g/mol. The van der Waals surface area contributed by atoms with Gasteiger partial charge in [-0.3, -0.25) is 9.78 Å². The van der Waals surface area contributed by atoms with E-state index in [1.165, 1.54) is 18.3 Å². The van der Waals surface area contributed by atoms with E-state index >= 15 is 0 Å². The van der Waals surface area contributed by atoms with Crippen molar-refractivity contribution in [3.8, 4) is 0 Å². The number of carbonyl (C=O) groups is 1. The number of halogens is 1. The Kier molecular flexibility index (Phi) is 3.92. The number of hydrogen-bond acceptors (Lipinski definition) is 2. The standard InChI is InChI=1S/C18H13FN2O/c19-15-8-4-7-14-16(11-12-20-18(14)15)21-17(22)10-9-13-5-2-1-3-6-13/h1-12H,(H,20,21,22)/b10-9+. The summed E-state index contributed by atoms with van der Waals surface area (Å²) in [4.78, 5) is 16.0. The molecule has 0 spiro atoms. The lowest BCUT2D eigenvalue weighted by molar-refractivity contribution is -0.111. The number of amides is 1. The van der Waals surface area contributed by atoms with Crippen LogP contribution in [0.15, 0.2) is 66.9 Å². The molecule has 108 valence electrons. The molecule has 1 heterocycles. The van der Waals surface area contributed by atoms with E-state index in [2.05, 4.69) is 10.3 Å². The summed E-state index contributed by atoms with van der Waals surface area (Å²) >= 11 is 0. The van der Waals surface area contributed by atoms with E-state index in [1.54, 1.807) is 24.3 Å². The number of carbonyl (C=O) groups excluding carboxylic acids is 1. The Bertz CT molecular complexity index is 844. The molecule has 0 aliphatic heterocycles. The summed E-state index contributed by atoms with van der Waals surface area (Å²) in [6.07, 6.45) is 4.64. The zero-order valence-electron chi connectivity index (χ0n) is 11.7. The predicted octanol–water partition coefficient (Wildman–Crippen LogP) is 4.03. The summed E-state index contributed by atoms with van der Waals surface area (Å²) in [6.45, 7) is 0. The van der Waals surface area contributed by atoms with Gasteiger partial charge in [0.1, 0.15) is 11.3 Å². The number of rotatable bonds is 3. The maximum Gasteiger partial charge on any atom is 0.248 e. The van der Waals surface area contributed by atoms with Crippen LogP contribution in [0.2, 0.25) is 0 Å². The minimum absolute atomic E-state index is 0.243. The number of benzene rings is 2. The van der Waals surface area contributed by atoms with Crippen LogP contribution in [0.5, 0.6) is 0 Å². The first-order chi connectivity index (χ1) is 10.7. The van der Waals surface area contributed by atoms with Crippen molar-refractivity contribution < 1.29 is 9.18 Å². The molecule has 0 saturated carbocycles. The van der Waals surface area contributed by atoms with Crippen molar-refractivity contribution in [3.05, 3.63) is 78.3 Å². The highest BCUT2D eigenvalue weighted by Gasteiger charge is 2.07. The van der Waals surface area contributed by atoms with Crippen LogP contribution in [0.4, 0.5) is 10.1 Å². The van der Waals surface area contributed by atoms with E-state index in [0.717, 1.165) is 5.56 Å². The first-order valence-corrected chi connectivity index (χ1v) is 6.81. The number of aromatic nitrogens is 1. The van der Waals surface area contributed by atoms with Gasteiger partial charge in [0.2, 0.25) is 5.91 Å². The molecule has 0 aliphatic carbocycles. The Morgan fingerprint density at radius 1 is 1.05 bits per heavy atom. The van der Waals surface area contributed by atoms with Gasteiger partial charge in [-0.25, -0.2) is 4.39 Å². The topological polar surface area (TPSA) is 42.0 Å². The largest absolute Gasteiger partial charge is 0.322 e. The molecule has 0 saturated heterocycles. The maximum absolute atomic E-state index is 13.7. The van der Waals surface area contributed by atoms with Gasteiger partial charge in [-0.2, -0.15) is 0 Å². The maximum atomic E-state index is 13.7. The van der Waals surface area contributed by atoms with Crippen LogP contribution in [0, 0.1) is 5.82 Å². The van der Waals surface area contributed by atoms with E-state index < -0.39 is 5.82 Å². The summed E-state index contributed by atoms with van der Waals surface area (Å²) in [6, 6.07) is 15.8. The molecule has 0 aliphatic rings. The number of pyridine rings is 1. The van der Waals surface area contributed by atoms with Gasteiger partial charge in [-0.15, -0.1) is 0 Å². The second-order valence-electron chi connectivity index (χ2n) is 4.73. The number of para-hydroxylation sites is 1. The molecule has 3 aromatic rings. The van der Waals surface area contributed by atoms with Crippen molar-refractivity contribution >= 4 is 28.6 Å². The smallest absolute Gasteiger partial charge is 0.248 e. The molecule has 0 atom stereocenters. The number of hydrogen-bond donors (Lipinski definition) is 1. The Morgan fingerprint density at radius 3 is 2.68 bits per heavy atom. The Morgan fingerprint density at radius 2 is 1.86 bits per heavy atom. The van der Waals surface area contributed by atoms with Gasteiger partial charge in [-0.1, -0.05) is 42.5 Å². The molecule has 22 heavy (non-hydrogen) atoms. The highest BCUT2D eigenvalue weighted by Crippen LogP contribution is 2.23. The van der Waals surface area contributed by atoms with E-state index in [9.17, 15) is 9.18 Å². The summed E-state index contributed by atoms with van der Waals surface area (Å²) in [7, 11) is 0. The van der Waals surface area contributed by atoms with E-state index in [-0.39, 0.29) is 11.4 Å². The predicted molar refractivity (Wildman–Crippen MR) is 85.8 cm³/mol. The SMILES string of the molecule is O=C(/C=C/c1ccccc1)Nc1ccnc2c(F)cccc12. The second-order valence-corrected chi connectivity index (χ2v) is 4.73. The van der Waals surface area contributed by atoms with Gasteiger partial charge >= 0.3 is 0 Å². The first kappa shape index (κ1) is 13.9. The average molecular weight is 292 g/mol. The highest BCUT2D eigenvalue weighted by atomic mass is 19.1. The van der Waals surface area contributed by atoms with Crippen LogP contribution >= 0.6 is 0 Å². The van der Waals surface area contributed by atoms with Crippen LogP contribution in [0.3, 0.4) is 0 Å². The monoisotopic (exact) mass is 292 g/mol. The lowest BCUT2D eigenvalue weighted by Crippen LogP contribution is -2.08. The van der Waals surface area contributed by atoms with Crippen LogP contribution < -0.4 is 5.32 Å². The van der Waals surface area contributed by atoms with Crippen LogP contribution in [-0.4, -0.2) is 10.9 Å². The summed E-state index contributed by atoms with van der Waals surface area (Å²) in [5, 5.41) is 3.32. The summed E-state index contributed by atoms with van der Waals surface area (Å²) in [5.74, 6) is -0.686. The van der Waals surface area contributed by atoms with Gasteiger partial charge in [0.25, 0.3) is 0 Å². The fourth-order valence-corrected chi connectivity index (χ4v) is 2.16. The molecule has 3 rings (SSSR count). The molecule has 1 aromatic heterocycles. The molecule has 0 fully saturated rings. The quantitative estimate of drug-likeness (QED) is 0.741. The molecular formula is C18H13FN2O. The Labute approximate surface area is 127 Å². The number of nitrogens with one attached hydrogen (secondary N) is 1. The number of fused-ring (bicyclic) bond motifs is 1. The number of anilines is 1. The Hall–Kier alpha value is -3.01. The first-order valence-electron chi connectivity index (χ1n) is 6.81. The zero-order chi connectivity index (χ0) is 15.4. The molecule has 0 bridgehead atoms. The van der Waals surface area contributed by atoms with Crippen molar-refractivity contribution in [2.24, 2.45) is 0 Å². The van der Waals surface area contributed by atoms with Crippen LogP contribution in [-0.2, 0) is 4.79 Å². The van der Waals surface area contributed by atoms with Crippen molar-refractivity contribution in [1.82, 2.24) is 4.98 Å². The lowest BCUT2D eigenvalue weighted by Gasteiger charge is -2.06. The third-order valence-corrected chi connectivity index (χ3v) is 3.21. The van der Waals surface area contributed by atoms with Gasteiger partial charge < -0.3 is 5.32 Å². The van der Waals surface area contributed by atoms with E-state index in [4.69, 9.17) is 0 Å². The van der Waals surface area contributed by atoms with E-state index in [0.29, 0.717) is 11.1 Å². The van der Waals surface area contributed by atoms with Crippen LogP contribution in [0.25, 0.3) is 17.0 Å². The fraction of sp³-hybridized carbons (Fsp3) is 0. The summed E-state index contributed by atoms with van der Waals surface area (Å²) < 4.78 is 13.7. The summed E-state index contributed by atoms with van der Waals surface area (Å²) in [5.41, 5.74) is 1.71. The van der Waals surface area contributed by atoms with Crippen molar-refractivity contribution in [1.29, 1.82) is 0 Å². The van der Waals surface area contributed by atoms with Gasteiger partial charge in [0, 0.05) is 17.7 Å². The minimum atomic E-state index is -0.409. The fourth-order valence-electron chi connectivity index (χ4n) is 2.16. The highest BCUT2D eigenvalue weighted by molar-refractivity contribution is 6.06. The van der Waals surface area contributed by atoms with Crippen molar-refractivity contribution in [3.63, 3.8) is 0 Å². The van der Waals surface area contributed by atoms with Gasteiger partial charge in [-0.05, 0) is 23.8 Å². The third-order valence-electron chi connectivity index (χ3n) is 3.21. The molecule has 3 nitrogen and oxygen atoms in total. The molecule has 2 aromatic carbocycles. The zero-order valence-corrected chi connectivity index (χ0v) is 11.7. The molecule has 1 amide bonds. The lowest BCUT2D eigenvalue weighted by atomic mass is 10.1. The van der Waals surface area contributed by atoms with Gasteiger partial charge in [0.15, 0.2) is 0 Å². The third kappa shape index (κ3) is 3.01. The van der Waals surface area contributed by atoms with Crippen LogP contribution in [0.1, 0.15) is 5.56 Å². The normalized spacial score (nSPS) is 11.0. The van der Waals surface area contributed by atoms with Crippen molar-refractivity contribution in [2.45, 2.75) is 0 Å². The molecule has 0 unspecified atom stereocenters.